The van der Waals surface area contributed by atoms with E-state index in [-0.39, 0.29) is 4.47 Å². The predicted molar refractivity (Wildman–Crippen MR) is 41.2 cm³/mol. The fraction of sp³-hybridized carbons (Fsp3) is 0. The zero-order valence-corrected chi connectivity index (χ0v) is 7.92. The standard InChI is InChI=1S/C6H3BrF2O2S/c7-3-1-5(9)6(12(10)11)2-4(3)8/h1-2H,(H,10,11)/p-1. The minimum atomic E-state index is -2.74. The molecule has 1 aromatic rings. The molecule has 0 aromatic heterocycles. The van der Waals surface area contributed by atoms with Crippen molar-refractivity contribution in [2.75, 3.05) is 0 Å². The molecule has 2 nitrogen and oxygen atoms in total. The van der Waals surface area contributed by atoms with Crippen LogP contribution in [0.4, 0.5) is 8.78 Å². The Labute approximate surface area is 78.0 Å². The second-order valence-electron chi connectivity index (χ2n) is 1.93. The molecule has 0 saturated heterocycles. The lowest BCUT2D eigenvalue weighted by Gasteiger charge is -2.06. The van der Waals surface area contributed by atoms with Gasteiger partial charge >= 0.3 is 0 Å². The van der Waals surface area contributed by atoms with E-state index in [2.05, 4.69) is 15.9 Å². The fourth-order valence-electron chi connectivity index (χ4n) is 0.632. The van der Waals surface area contributed by atoms with E-state index < -0.39 is 27.6 Å². The third kappa shape index (κ3) is 1.88. The second-order valence-corrected chi connectivity index (χ2v) is 3.70. The zero-order chi connectivity index (χ0) is 9.30. The molecule has 0 N–H and O–H groups in total. The second kappa shape index (κ2) is 3.59. The molecule has 0 aliphatic rings. The summed E-state index contributed by atoms with van der Waals surface area (Å²) >= 11 is -0.0316. The van der Waals surface area contributed by atoms with Crippen LogP contribution in [0, 0.1) is 11.6 Å². The van der Waals surface area contributed by atoms with Crippen LogP contribution in [0.2, 0.25) is 0 Å². The van der Waals surface area contributed by atoms with E-state index in [0.717, 1.165) is 6.07 Å². The average Bonchev–Trinajstić information content (AvgIpc) is 1.96. The topological polar surface area (TPSA) is 40.1 Å². The van der Waals surface area contributed by atoms with Crippen LogP contribution in [0.3, 0.4) is 0 Å². The van der Waals surface area contributed by atoms with Crippen LogP contribution in [-0.2, 0) is 11.1 Å². The van der Waals surface area contributed by atoms with Crippen LogP contribution in [0.5, 0.6) is 0 Å². The van der Waals surface area contributed by atoms with Gasteiger partial charge in [0.25, 0.3) is 0 Å². The smallest absolute Gasteiger partial charge is 0.139 e. The fourth-order valence-corrected chi connectivity index (χ4v) is 1.37. The van der Waals surface area contributed by atoms with Crippen LogP contribution in [-0.4, -0.2) is 8.76 Å². The Kier molecular flexibility index (Phi) is 2.92. The van der Waals surface area contributed by atoms with E-state index in [1.165, 1.54) is 0 Å². The number of halogens is 3. The summed E-state index contributed by atoms with van der Waals surface area (Å²) in [4.78, 5) is -0.671. The molecule has 0 spiro atoms. The van der Waals surface area contributed by atoms with E-state index in [1.54, 1.807) is 0 Å². The molecule has 0 amide bonds. The van der Waals surface area contributed by atoms with Crippen LogP contribution in [0.15, 0.2) is 21.5 Å². The zero-order valence-electron chi connectivity index (χ0n) is 5.51. The normalized spacial score (nSPS) is 13.0. The lowest BCUT2D eigenvalue weighted by Crippen LogP contribution is -1.95. The van der Waals surface area contributed by atoms with Gasteiger partial charge in [-0.3, -0.25) is 4.21 Å². The molecule has 0 radical (unpaired) electrons. The first-order valence-electron chi connectivity index (χ1n) is 2.76. The van der Waals surface area contributed by atoms with Crippen LogP contribution < -0.4 is 0 Å². The van der Waals surface area contributed by atoms with Gasteiger partial charge in [0, 0.05) is 0 Å². The van der Waals surface area contributed by atoms with Gasteiger partial charge in [-0.2, -0.15) is 0 Å². The molecule has 0 heterocycles. The van der Waals surface area contributed by atoms with Gasteiger partial charge in [0.15, 0.2) is 0 Å². The molecular formula is C6H2BrF2O2S-. The Bertz CT molecular complexity index is 343. The van der Waals surface area contributed by atoms with Crippen molar-refractivity contribution in [3.05, 3.63) is 28.2 Å². The van der Waals surface area contributed by atoms with Crippen LogP contribution in [0.1, 0.15) is 0 Å². The number of hydrogen-bond acceptors (Lipinski definition) is 2. The lowest BCUT2D eigenvalue weighted by molar-refractivity contribution is 0.517. The van der Waals surface area contributed by atoms with Crippen molar-refractivity contribution < 1.29 is 17.5 Å². The highest BCUT2D eigenvalue weighted by atomic mass is 79.9. The Hall–Kier alpha value is -0.330. The molecule has 1 rings (SSSR count). The summed E-state index contributed by atoms with van der Waals surface area (Å²) in [5.41, 5.74) is 0. The van der Waals surface area contributed by atoms with E-state index in [9.17, 15) is 17.5 Å². The Balaban J connectivity index is 3.33. The average molecular weight is 256 g/mol. The van der Waals surface area contributed by atoms with Crippen molar-refractivity contribution in [1.82, 2.24) is 0 Å². The van der Waals surface area contributed by atoms with Gasteiger partial charge in [0.05, 0.1) is 9.37 Å². The van der Waals surface area contributed by atoms with Crippen molar-refractivity contribution in [1.29, 1.82) is 0 Å². The maximum atomic E-state index is 12.7. The maximum Gasteiger partial charge on any atom is 0.139 e. The van der Waals surface area contributed by atoms with Gasteiger partial charge in [0.1, 0.15) is 11.6 Å². The van der Waals surface area contributed by atoms with Crippen molar-refractivity contribution in [2.24, 2.45) is 0 Å². The van der Waals surface area contributed by atoms with E-state index in [0.29, 0.717) is 6.07 Å². The first kappa shape index (κ1) is 9.76. The summed E-state index contributed by atoms with van der Waals surface area (Å²) in [5, 5.41) is 0. The Morgan fingerprint density at radius 1 is 1.33 bits per heavy atom. The van der Waals surface area contributed by atoms with Crippen molar-refractivity contribution in [3.8, 4) is 0 Å². The third-order valence-corrected chi connectivity index (χ3v) is 2.43. The van der Waals surface area contributed by atoms with Gasteiger partial charge in [0.2, 0.25) is 0 Å². The van der Waals surface area contributed by atoms with Crippen LogP contribution in [0.25, 0.3) is 0 Å². The molecule has 1 aromatic carbocycles. The lowest BCUT2D eigenvalue weighted by atomic mass is 10.3. The SMILES string of the molecule is O=S([O-])c1cc(F)c(Br)cc1F. The summed E-state index contributed by atoms with van der Waals surface area (Å²) < 4.78 is 45.7. The first-order chi connectivity index (χ1) is 5.52. The van der Waals surface area contributed by atoms with Gasteiger partial charge in [-0.25, -0.2) is 8.78 Å². The summed E-state index contributed by atoms with van der Waals surface area (Å²) in [6.45, 7) is 0. The number of benzene rings is 1. The highest BCUT2D eigenvalue weighted by molar-refractivity contribution is 9.10. The molecule has 0 bridgehead atoms. The van der Waals surface area contributed by atoms with Crippen molar-refractivity contribution >= 4 is 27.0 Å². The number of hydrogen-bond donors (Lipinski definition) is 0. The maximum absolute atomic E-state index is 12.7. The van der Waals surface area contributed by atoms with Gasteiger partial charge in [-0.05, 0) is 39.1 Å². The predicted octanol–water partition coefficient (Wildman–Crippen LogP) is 1.97. The third-order valence-electron chi connectivity index (χ3n) is 1.15. The monoisotopic (exact) mass is 255 g/mol. The summed E-state index contributed by atoms with van der Waals surface area (Å²) in [5.74, 6) is -1.78. The van der Waals surface area contributed by atoms with Gasteiger partial charge < -0.3 is 4.55 Å². The minimum Gasteiger partial charge on any atom is -0.768 e. The Morgan fingerprint density at radius 3 is 2.42 bits per heavy atom. The molecule has 0 aliphatic heterocycles. The van der Waals surface area contributed by atoms with Crippen molar-refractivity contribution in [2.45, 2.75) is 4.90 Å². The Morgan fingerprint density at radius 2 is 1.92 bits per heavy atom. The summed E-state index contributed by atoms with van der Waals surface area (Å²) in [7, 11) is 0. The molecule has 6 heteroatoms. The highest BCUT2D eigenvalue weighted by Gasteiger charge is 2.07. The molecule has 66 valence electrons. The van der Waals surface area contributed by atoms with Gasteiger partial charge in [-0.15, -0.1) is 0 Å². The van der Waals surface area contributed by atoms with E-state index in [4.69, 9.17) is 0 Å². The summed E-state index contributed by atoms with van der Waals surface area (Å²) in [6, 6.07) is 1.38. The largest absolute Gasteiger partial charge is 0.768 e. The molecule has 12 heavy (non-hydrogen) atoms. The minimum absolute atomic E-state index is 0.103. The molecule has 0 aliphatic carbocycles. The van der Waals surface area contributed by atoms with Crippen LogP contribution >= 0.6 is 15.9 Å². The molecular weight excluding hydrogens is 254 g/mol. The van der Waals surface area contributed by atoms with E-state index >= 15 is 0 Å². The highest BCUT2D eigenvalue weighted by Crippen LogP contribution is 2.21. The quantitative estimate of drug-likeness (QED) is 0.569. The molecule has 1 atom stereocenters. The van der Waals surface area contributed by atoms with Crippen molar-refractivity contribution in [3.63, 3.8) is 0 Å². The number of rotatable bonds is 1. The molecule has 0 fully saturated rings. The first-order valence-corrected chi connectivity index (χ1v) is 4.63. The molecule has 0 saturated carbocycles. The van der Waals surface area contributed by atoms with Gasteiger partial charge in [-0.1, -0.05) is 0 Å². The molecule has 1 unspecified atom stereocenters. The summed E-state index contributed by atoms with van der Waals surface area (Å²) in [6.07, 6.45) is 0. The van der Waals surface area contributed by atoms with E-state index in [1.807, 2.05) is 0 Å².